The van der Waals surface area contributed by atoms with Gasteiger partial charge in [0.25, 0.3) is 5.91 Å². The molecule has 0 aliphatic carbocycles. The maximum absolute atomic E-state index is 13.0. The van der Waals surface area contributed by atoms with Crippen molar-refractivity contribution in [3.8, 4) is 16.9 Å². The van der Waals surface area contributed by atoms with Crippen LogP contribution in [0.5, 0.6) is 5.75 Å². The minimum Gasteiger partial charge on any atom is -0.494 e. The Bertz CT molecular complexity index is 1310. The Balaban J connectivity index is 1.32. The van der Waals surface area contributed by atoms with Crippen LogP contribution >= 0.6 is 11.3 Å². The molecule has 1 aliphatic heterocycles. The maximum atomic E-state index is 13.0. The fraction of sp³-hybridized carbons (Fsp3) is 0.310. The van der Waals surface area contributed by atoms with E-state index >= 15 is 0 Å². The van der Waals surface area contributed by atoms with Gasteiger partial charge in [0.2, 0.25) is 0 Å². The number of thiazole rings is 1. The number of piperidine rings is 1. The number of anilines is 1. The number of amides is 1. The zero-order valence-electron chi connectivity index (χ0n) is 20.9. The topological polar surface area (TPSA) is 57.7 Å². The summed E-state index contributed by atoms with van der Waals surface area (Å²) in [7, 11) is 1.64. The molecule has 2 heterocycles. The normalized spacial score (nSPS) is 14.3. The lowest BCUT2D eigenvalue weighted by molar-refractivity contribution is -0.0426. The molecule has 0 radical (unpaired) electrons. The molecule has 1 amide bonds. The molecule has 186 valence electrons. The van der Waals surface area contributed by atoms with Crippen molar-refractivity contribution in [1.29, 1.82) is 0 Å². The fourth-order valence-corrected chi connectivity index (χ4v) is 5.77. The molecule has 1 fully saturated rings. The third-order valence-electron chi connectivity index (χ3n) is 6.71. The van der Waals surface area contributed by atoms with Crippen LogP contribution in [-0.2, 0) is 6.54 Å². The number of carbonyl (C=O) groups is 1. The van der Waals surface area contributed by atoms with Crippen LogP contribution in [0.25, 0.3) is 21.3 Å². The summed E-state index contributed by atoms with van der Waals surface area (Å²) >= 11 is 1.47. The van der Waals surface area contributed by atoms with Gasteiger partial charge in [0.15, 0.2) is 5.13 Å². The van der Waals surface area contributed by atoms with Crippen LogP contribution in [0.4, 0.5) is 5.13 Å². The second kappa shape index (κ2) is 11.2. The van der Waals surface area contributed by atoms with E-state index in [0.717, 1.165) is 47.5 Å². The number of rotatable bonds is 8. The minimum absolute atomic E-state index is 0.163. The van der Waals surface area contributed by atoms with Gasteiger partial charge >= 0.3 is 0 Å². The predicted octanol–water partition coefficient (Wildman–Crippen LogP) is 6.45. The highest BCUT2D eigenvalue weighted by Gasteiger charge is 2.18. The van der Waals surface area contributed by atoms with Crippen LogP contribution in [-0.4, -0.2) is 47.7 Å². The van der Waals surface area contributed by atoms with E-state index in [1.807, 2.05) is 42.5 Å². The summed E-state index contributed by atoms with van der Waals surface area (Å²) in [6, 6.07) is 22.1. The lowest BCUT2D eigenvalue weighted by Crippen LogP contribution is -2.44. The van der Waals surface area contributed by atoms with Gasteiger partial charge in [0.05, 0.1) is 11.8 Å². The van der Waals surface area contributed by atoms with Crippen LogP contribution in [0.1, 0.15) is 42.1 Å². The lowest BCUT2D eigenvalue weighted by atomic mass is 10.1. The van der Waals surface area contributed by atoms with Gasteiger partial charge in [0.1, 0.15) is 11.3 Å². The van der Waals surface area contributed by atoms with Crippen molar-refractivity contribution in [2.24, 2.45) is 0 Å². The van der Waals surface area contributed by atoms with Gasteiger partial charge in [-0.1, -0.05) is 67.1 Å². The first-order valence-corrected chi connectivity index (χ1v) is 13.4. The number of carbonyl (C=O) groups excluding carboxylic acids is 1. The largest absolute Gasteiger partial charge is 0.494 e. The van der Waals surface area contributed by atoms with Gasteiger partial charge in [-0.15, -0.1) is 0 Å². The van der Waals surface area contributed by atoms with E-state index in [9.17, 15) is 4.79 Å². The number of benzene rings is 3. The molecule has 6 nitrogen and oxygen atoms in total. The number of fused-ring (bicyclic) bond motifs is 1. The van der Waals surface area contributed by atoms with E-state index in [-0.39, 0.29) is 5.91 Å². The Morgan fingerprint density at radius 2 is 1.78 bits per heavy atom. The Kier molecular flexibility index (Phi) is 7.60. The number of ether oxygens (including phenoxy) is 1. The molecule has 7 heteroatoms. The molecular weight excluding hydrogens is 468 g/mol. The highest BCUT2D eigenvalue weighted by molar-refractivity contribution is 7.23. The number of methoxy groups -OCH3 is 1. The second-order valence-electron chi connectivity index (χ2n) is 9.02. The van der Waals surface area contributed by atoms with Crippen molar-refractivity contribution >= 4 is 32.6 Å². The fourth-order valence-electron chi connectivity index (χ4n) is 4.76. The highest BCUT2D eigenvalue weighted by Crippen LogP contribution is 2.39. The first-order valence-electron chi connectivity index (χ1n) is 12.6. The average Bonchev–Trinajstić information content (AvgIpc) is 3.36. The van der Waals surface area contributed by atoms with Crippen LogP contribution in [0, 0.1) is 0 Å². The van der Waals surface area contributed by atoms with Gasteiger partial charge in [-0.25, -0.2) is 15.0 Å². The summed E-state index contributed by atoms with van der Waals surface area (Å²) in [6.07, 6.45) is 3.85. The van der Waals surface area contributed by atoms with Crippen molar-refractivity contribution in [1.82, 2.24) is 15.0 Å². The summed E-state index contributed by atoms with van der Waals surface area (Å²) < 4.78 is 6.53. The lowest BCUT2D eigenvalue weighted by Gasteiger charge is -2.37. The number of aromatic nitrogens is 1. The Morgan fingerprint density at radius 1 is 1.03 bits per heavy atom. The zero-order valence-corrected chi connectivity index (χ0v) is 21.7. The molecule has 1 aliphatic rings. The van der Waals surface area contributed by atoms with Gasteiger partial charge in [-0.3, -0.25) is 10.1 Å². The summed E-state index contributed by atoms with van der Waals surface area (Å²) in [4.78, 5) is 17.7. The van der Waals surface area contributed by atoms with Crippen molar-refractivity contribution in [2.75, 3.05) is 32.1 Å². The molecule has 4 aromatic rings. The first kappa shape index (κ1) is 24.4. The molecule has 36 heavy (non-hydrogen) atoms. The van der Waals surface area contributed by atoms with Crippen molar-refractivity contribution in [3.63, 3.8) is 0 Å². The molecule has 5 rings (SSSR count). The van der Waals surface area contributed by atoms with Crippen LogP contribution in [0.3, 0.4) is 0 Å². The Hall–Kier alpha value is -3.26. The highest BCUT2D eigenvalue weighted by atomic mass is 32.1. The molecule has 0 spiro atoms. The van der Waals surface area contributed by atoms with Gasteiger partial charge in [0, 0.05) is 37.3 Å². The van der Waals surface area contributed by atoms with Crippen molar-refractivity contribution in [3.05, 3.63) is 77.9 Å². The van der Waals surface area contributed by atoms with E-state index in [2.05, 4.69) is 46.5 Å². The molecule has 0 unspecified atom stereocenters. The van der Waals surface area contributed by atoms with Crippen molar-refractivity contribution in [2.45, 2.75) is 32.7 Å². The number of nitrogens with one attached hydrogen (secondary N) is 1. The minimum atomic E-state index is -0.163. The van der Waals surface area contributed by atoms with Gasteiger partial charge < -0.3 is 4.74 Å². The molecule has 0 bridgehead atoms. The van der Waals surface area contributed by atoms with Crippen molar-refractivity contribution < 1.29 is 9.53 Å². The maximum Gasteiger partial charge on any atom is 0.257 e. The zero-order chi connectivity index (χ0) is 24.9. The predicted molar refractivity (Wildman–Crippen MR) is 148 cm³/mol. The standard InChI is InChI=1S/C29H32N4O2S/c1-3-32(33-18-8-5-9-19-33)20-21-12-14-23(15-13-21)28(34)31-29-30-26-25(35-2)17-16-24(27(26)36-29)22-10-6-4-7-11-22/h4,6-7,10-17H,3,5,8-9,18-20H2,1-2H3,(H,30,31,34). The van der Waals surface area contributed by atoms with E-state index in [1.54, 1.807) is 7.11 Å². The monoisotopic (exact) mass is 500 g/mol. The molecule has 1 aromatic heterocycles. The molecule has 1 N–H and O–H groups in total. The van der Waals surface area contributed by atoms with Gasteiger partial charge in [-0.2, -0.15) is 0 Å². The number of hydrazine groups is 1. The third kappa shape index (κ3) is 5.28. The second-order valence-corrected chi connectivity index (χ2v) is 10.0. The number of nitrogens with zero attached hydrogens (tertiary/aromatic N) is 3. The molecular formula is C29H32N4O2S. The Labute approximate surface area is 216 Å². The number of hydrogen-bond acceptors (Lipinski definition) is 6. The van der Waals surface area contributed by atoms with E-state index in [0.29, 0.717) is 16.4 Å². The first-order chi connectivity index (χ1) is 17.7. The van der Waals surface area contributed by atoms with E-state index in [4.69, 9.17) is 9.72 Å². The molecule has 0 atom stereocenters. The Morgan fingerprint density at radius 3 is 2.47 bits per heavy atom. The van der Waals surface area contributed by atoms with Crippen LogP contribution in [0.2, 0.25) is 0 Å². The number of hydrogen-bond donors (Lipinski definition) is 1. The summed E-state index contributed by atoms with van der Waals surface area (Å²) in [5.74, 6) is 0.532. The summed E-state index contributed by atoms with van der Waals surface area (Å²) in [5, 5.41) is 8.43. The molecule has 3 aromatic carbocycles. The van der Waals surface area contributed by atoms with E-state index < -0.39 is 0 Å². The van der Waals surface area contributed by atoms with Crippen LogP contribution in [0.15, 0.2) is 66.7 Å². The smallest absolute Gasteiger partial charge is 0.257 e. The van der Waals surface area contributed by atoms with Gasteiger partial charge in [-0.05, 0) is 48.2 Å². The summed E-state index contributed by atoms with van der Waals surface area (Å²) in [6.45, 7) is 6.31. The van der Waals surface area contributed by atoms with E-state index in [1.165, 1.54) is 36.2 Å². The molecule has 0 saturated carbocycles. The SMILES string of the molecule is CCN(Cc1ccc(C(=O)Nc2nc3c(OC)ccc(-c4ccccc4)c3s2)cc1)N1CCCCC1. The quantitative estimate of drug-likeness (QED) is 0.301. The molecule has 1 saturated heterocycles. The summed E-state index contributed by atoms with van der Waals surface area (Å²) in [5.41, 5.74) is 4.76. The third-order valence-corrected chi connectivity index (χ3v) is 7.71. The van der Waals surface area contributed by atoms with Crippen LogP contribution < -0.4 is 10.1 Å². The average molecular weight is 501 g/mol.